The van der Waals surface area contributed by atoms with Crippen molar-refractivity contribution in [3.63, 3.8) is 0 Å². The molecule has 1 aromatic heterocycles. The van der Waals surface area contributed by atoms with Crippen LogP contribution in [0.15, 0.2) is 36.4 Å². The molecule has 1 heterocycles. The molecule has 106 valence electrons. The molecule has 4 heteroatoms. The summed E-state index contributed by atoms with van der Waals surface area (Å²) in [5.41, 5.74) is 1.84. The Hall–Kier alpha value is -2.10. The van der Waals surface area contributed by atoms with Gasteiger partial charge < -0.3 is 9.47 Å². The van der Waals surface area contributed by atoms with Crippen LogP contribution in [0.4, 0.5) is 0 Å². The molecular formula is C16H20N2O2. The second kappa shape index (κ2) is 7.48. The first kappa shape index (κ1) is 14.3. The van der Waals surface area contributed by atoms with Crippen LogP contribution in [-0.4, -0.2) is 23.4 Å². The Kier molecular flexibility index (Phi) is 5.35. The average Bonchev–Trinajstić information content (AvgIpc) is 2.49. The van der Waals surface area contributed by atoms with Crippen molar-refractivity contribution in [2.45, 2.75) is 26.7 Å². The standard InChI is InChI=1S/C16H20N2O2/c1-3-5-12-20-16-11-10-15(17-18-16)13-6-8-14(9-7-13)19-4-2/h6-11H,3-5,12H2,1-2H3. The summed E-state index contributed by atoms with van der Waals surface area (Å²) in [6.07, 6.45) is 2.14. The molecule has 0 aliphatic carbocycles. The first-order valence-electron chi connectivity index (χ1n) is 7.03. The molecule has 0 fully saturated rings. The Bertz CT molecular complexity index is 509. The molecule has 0 saturated carbocycles. The second-order valence-corrected chi connectivity index (χ2v) is 4.42. The summed E-state index contributed by atoms with van der Waals surface area (Å²) >= 11 is 0. The van der Waals surface area contributed by atoms with E-state index in [1.165, 1.54) is 0 Å². The van der Waals surface area contributed by atoms with Crippen molar-refractivity contribution >= 4 is 0 Å². The Morgan fingerprint density at radius 3 is 2.30 bits per heavy atom. The summed E-state index contributed by atoms with van der Waals surface area (Å²) in [5, 5.41) is 8.27. The molecule has 0 aliphatic heterocycles. The molecule has 1 aromatic carbocycles. The number of aromatic nitrogens is 2. The fourth-order valence-electron chi connectivity index (χ4n) is 1.76. The Morgan fingerprint density at radius 2 is 1.70 bits per heavy atom. The lowest BCUT2D eigenvalue weighted by atomic mass is 10.1. The number of unbranched alkanes of at least 4 members (excludes halogenated alkanes) is 1. The summed E-state index contributed by atoms with van der Waals surface area (Å²) < 4.78 is 10.9. The zero-order chi connectivity index (χ0) is 14.2. The molecule has 0 N–H and O–H groups in total. The predicted octanol–water partition coefficient (Wildman–Crippen LogP) is 3.72. The molecule has 0 amide bonds. The first-order chi connectivity index (χ1) is 9.83. The molecule has 0 unspecified atom stereocenters. The largest absolute Gasteiger partial charge is 0.494 e. The van der Waals surface area contributed by atoms with Crippen LogP contribution in [0.25, 0.3) is 11.3 Å². The van der Waals surface area contributed by atoms with Crippen LogP contribution < -0.4 is 9.47 Å². The van der Waals surface area contributed by atoms with Gasteiger partial charge in [-0.25, -0.2) is 0 Å². The van der Waals surface area contributed by atoms with Gasteiger partial charge in [0.25, 0.3) is 0 Å². The van der Waals surface area contributed by atoms with E-state index >= 15 is 0 Å². The smallest absolute Gasteiger partial charge is 0.233 e. The van der Waals surface area contributed by atoms with Crippen molar-refractivity contribution in [3.05, 3.63) is 36.4 Å². The summed E-state index contributed by atoms with van der Waals surface area (Å²) in [6.45, 7) is 5.46. The van der Waals surface area contributed by atoms with Crippen LogP contribution >= 0.6 is 0 Å². The van der Waals surface area contributed by atoms with Crippen molar-refractivity contribution in [2.24, 2.45) is 0 Å². The molecule has 2 rings (SSSR count). The number of benzene rings is 1. The maximum atomic E-state index is 5.49. The summed E-state index contributed by atoms with van der Waals surface area (Å²) in [7, 11) is 0. The van der Waals surface area contributed by atoms with Crippen molar-refractivity contribution in [2.75, 3.05) is 13.2 Å². The fraction of sp³-hybridized carbons (Fsp3) is 0.375. The van der Waals surface area contributed by atoms with E-state index < -0.39 is 0 Å². The minimum absolute atomic E-state index is 0.577. The van der Waals surface area contributed by atoms with Crippen molar-refractivity contribution in [3.8, 4) is 22.9 Å². The zero-order valence-corrected chi connectivity index (χ0v) is 12.0. The SMILES string of the molecule is CCCCOc1ccc(-c2ccc(OCC)cc2)nn1. The highest BCUT2D eigenvalue weighted by Crippen LogP contribution is 2.21. The van der Waals surface area contributed by atoms with Gasteiger partial charge in [0, 0.05) is 11.6 Å². The van der Waals surface area contributed by atoms with E-state index in [0.29, 0.717) is 19.1 Å². The van der Waals surface area contributed by atoms with E-state index in [1.807, 2.05) is 43.3 Å². The van der Waals surface area contributed by atoms with E-state index in [-0.39, 0.29) is 0 Å². The van der Waals surface area contributed by atoms with Crippen LogP contribution in [0.2, 0.25) is 0 Å². The lowest BCUT2D eigenvalue weighted by molar-refractivity contribution is 0.294. The number of hydrogen-bond acceptors (Lipinski definition) is 4. The van der Waals surface area contributed by atoms with Gasteiger partial charge in [0.05, 0.1) is 18.9 Å². The third-order valence-electron chi connectivity index (χ3n) is 2.85. The van der Waals surface area contributed by atoms with Crippen molar-refractivity contribution in [1.82, 2.24) is 10.2 Å². The highest BCUT2D eigenvalue weighted by molar-refractivity contribution is 5.59. The maximum absolute atomic E-state index is 5.49. The van der Waals surface area contributed by atoms with E-state index in [9.17, 15) is 0 Å². The molecule has 0 radical (unpaired) electrons. The van der Waals surface area contributed by atoms with Gasteiger partial charge in [0.1, 0.15) is 5.75 Å². The zero-order valence-electron chi connectivity index (χ0n) is 12.0. The van der Waals surface area contributed by atoms with Gasteiger partial charge in [-0.05, 0) is 43.7 Å². The molecule has 0 atom stereocenters. The Labute approximate surface area is 119 Å². The third-order valence-corrected chi connectivity index (χ3v) is 2.85. The molecular weight excluding hydrogens is 252 g/mol. The third kappa shape index (κ3) is 3.95. The fourth-order valence-corrected chi connectivity index (χ4v) is 1.76. The minimum Gasteiger partial charge on any atom is -0.494 e. The van der Waals surface area contributed by atoms with E-state index in [4.69, 9.17) is 9.47 Å². The average molecular weight is 272 g/mol. The van der Waals surface area contributed by atoms with Crippen LogP contribution in [0.5, 0.6) is 11.6 Å². The number of hydrogen-bond donors (Lipinski definition) is 0. The molecule has 0 saturated heterocycles. The number of ether oxygens (including phenoxy) is 2. The monoisotopic (exact) mass is 272 g/mol. The Balaban J connectivity index is 2.01. The van der Waals surface area contributed by atoms with Crippen LogP contribution in [-0.2, 0) is 0 Å². The summed E-state index contributed by atoms with van der Waals surface area (Å²) in [6, 6.07) is 11.6. The lowest BCUT2D eigenvalue weighted by Crippen LogP contribution is -1.99. The molecule has 0 spiro atoms. The van der Waals surface area contributed by atoms with Crippen LogP contribution in [0.1, 0.15) is 26.7 Å². The van der Waals surface area contributed by atoms with E-state index in [1.54, 1.807) is 0 Å². The lowest BCUT2D eigenvalue weighted by Gasteiger charge is -2.06. The van der Waals surface area contributed by atoms with Gasteiger partial charge in [-0.15, -0.1) is 10.2 Å². The van der Waals surface area contributed by atoms with Gasteiger partial charge in [0.15, 0.2) is 0 Å². The molecule has 0 aliphatic rings. The van der Waals surface area contributed by atoms with E-state index in [2.05, 4.69) is 17.1 Å². The highest BCUT2D eigenvalue weighted by Gasteiger charge is 2.02. The quantitative estimate of drug-likeness (QED) is 0.720. The molecule has 0 bridgehead atoms. The predicted molar refractivity (Wildman–Crippen MR) is 79.0 cm³/mol. The number of rotatable bonds is 7. The normalized spacial score (nSPS) is 10.3. The first-order valence-corrected chi connectivity index (χ1v) is 7.03. The minimum atomic E-state index is 0.577. The van der Waals surface area contributed by atoms with Crippen LogP contribution in [0.3, 0.4) is 0 Å². The van der Waals surface area contributed by atoms with Crippen LogP contribution in [0, 0.1) is 0 Å². The molecule has 4 nitrogen and oxygen atoms in total. The van der Waals surface area contributed by atoms with Gasteiger partial charge in [-0.3, -0.25) is 0 Å². The van der Waals surface area contributed by atoms with Crippen molar-refractivity contribution in [1.29, 1.82) is 0 Å². The second-order valence-electron chi connectivity index (χ2n) is 4.42. The highest BCUT2D eigenvalue weighted by atomic mass is 16.5. The topological polar surface area (TPSA) is 44.2 Å². The van der Waals surface area contributed by atoms with Gasteiger partial charge in [-0.1, -0.05) is 13.3 Å². The number of nitrogens with zero attached hydrogens (tertiary/aromatic N) is 2. The van der Waals surface area contributed by atoms with E-state index in [0.717, 1.165) is 29.8 Å². The van der Waals surface area contributed by atoms with Gasteiger partial charge >= 0.3 is 0 Å². The van der Waals surface area contributed by atoms with Crippen molar-refractivity contribution < 1.29 is 9.47 Å². The molecule has 2 aromatic rings. The molecule has 20 heavy (non-hydrogen) atoms. The van der Waals surface area contributed by atoms with Gasteiger partial charge in [0.2, 0.25) is 5.88 Å². The maximum Gasteiger partial charge on any atom is 0.233 e. The van der Waals surface area contributed by atoms with Gasteiger partial charge in [-0.2, -0.15) is 0 Å². The summed E-state index contributed by atoms with van der Waals surface area (Å²) in [4.78, 5) is 0. The Morgan fingerprint density at radius 1 is 0.900 bits per heavy atom. The summed E-state index contributed by atoms with van der Waals surface area (Å²) in [5.74, 6) is 1.44.